The van der Waals surface area contributed by atoms with Gasteiger partial charge < -0.3 is 4.74 Å². The Kier molecular flexibility index (Phi) is 11.0. The minimum absolute atomic E-state index is 0.320. The van der Waals surface area contributed by atoms with Gasteiger partial charge in [0.2, 0.25) is 0 Å². The molecule has 0 N–H and O–H groups in total. The molecular weight excluding hydrogens is 727 g/mol. The van der Waals surface area contributed by atoms with Crippen LogP contribution in [0.5, 0.6) is 5.75 Å². The predicted octanol–water partition coefficient (Wildman–Crippen LogP) is 11.4. The second kappa shape index (κ2) is 12.7. The second-order valence-corrected chi connectivity index (χ2v) is 11.0. The number of rotatable bonds is 14. The molecule has 0 saturated heterocycles. The number of ether oxygens (including phenoxy) is 1. The Labute approximate surface area is 256 Å². The van der Waals surface area contributed by atoms with Gasteiger partial charge in [0, 0.05) is 5.92 Å². The van der Waals surface area contributed by atoms with E-state index in [2.05, 4.69) is 0 Å². The molecule has 0 unspecified atom stereocenters. The van der Waals surface area contributed by atoms with E-state index in [1.807, 2.05) is 6.92 Å². The van der Waals surface area contributed by atoms with Crippen LogP contribution in [0.4, 0.5) is 92.2 Å². The Morgan fingerprint density at radius 1 is 0.500 bits per heavy atom. The van der Waals surface area contributed by atoms with Crippen molar-refractivity contribution >= 4 is 0 Å². The summed E-state index contributed by atoms with van der Waals surface area (Å²) < 4.78 is 293. The van der Waals surface area contributed by atoms with E-state index >= 15 is 0 Å². The van der Waals surface area contributed by atoms with Gasteiger partial charge in [-0.25, -0.2) is 0 Å². The van der Waals surface area contributed by atoms with Crippen molar-refractivity contribution < 1.29 is 96.9 Å². The molecule has 0 bridgehead atoms. The fourth-order valence-electron chi connectivity index (χ4n) is 4.79. The maximum atomic E-state index is 14.7. The molecule has 1 aliphatic carbocycles. The standard InChI is InChI=1S/C26H23F21O/c1-2-3-12-48-16-10-6-14(7-11-16)13-4-8-15(9-5-13)17(27,28)18(29,30)19(31,32)20(33,34)21(35,36)22(37,38)23(39,40)24(41,42)25(43,44)26(45,46)47/h6-7,10-11,13,15H,2-5,8-9,12H2,1H3/t13-,15-. The van der Waals surface area contributed by atoms with E-state index < -0.39 is 97.0 Å². The van der Waals surface area contributed by atoms with Crippen LogP contribution in [0.25, 0.3) is 0 Å². The summed E-state index contributed by atoms with van der Waals surface area (Å²) in [5.41, 5.74) is 0.360. The number of hydrogen-bond acceptors (Lipinski definition) is 1. The summed E-state index contributed by atoms with van der Waals surface area (Å²) in [5.74, 6) is -80.1. The van der Waals surface area contributed by atoms with Gasteiger partial charge in [-0.05, 0) is 55.7 Å². The lowest BCUT2D eigenvalue weighted by atomic mass is 9.73. The first-order valence-electron chi connectivity index (χ1n) is 13.5. The molecule has 0 spiro atoms. The average molecular weight is 750 g/mol. The lowest BCUT2D eigenvalue weighted by Crippen LogP contribution is -2.77. The van der Waals surface area contributed by atoms with E-state index in [0.29, 0.717) is 24.3 Å². The van der Waals surface area contributed by atoms with Crippen molar-refractivity contribution in [3.63, 3.8) is 0 Å². The molecule has 1 aromatic rings. The third-order valence-corrected chi connectivity index (χ3v) is 7.89. The van der Waals surface area contributed by atoms with Crippen LogP contribution in [-0.4, -0.2) is 66.1 Å². The van der Waals surface area contributed by atoms with Gasteiger partial charge in [-0.15, -0.1) is 0 Å². The van der Waals surface area contributed by atoms with E-state index in [1.54, 1.807) is 0 Å². The maximum absolute atomic E-state index is 14.7. The van der Waals surface area contributed by atoms with Gasteiger partial charge in [0.1, 0.15) is 5.75 Å². The summed E-state index contributed by atoms with van der Waals surface area (Å²) in [6.07, 6.45) is -10.2. The predicted molar refractivity (Wildman–Crippen MR) is 122 cm³/mol. The van der Waals surface area contributed by atoms with Crippen LogP contribution in [0.1, 0.15) is 56.9 Å². The molecule has 280 valence electrons. The minimum atomic E-state index is -9.16. The first-order chi connectivity index (χ1) is 21.3. The summed E-state index contributed by atoms with van der Waals surface area (Å²) >= 11 is 0. The van der Waals surface area contributed by atoms with Crippen molar-refractivity contribution in [1.29, 1.82) is 0 Å². The van der Waals surface area contributed by atoms with Crippen molar-refractivity contribution in [1.82, 2.24) is 0 Å². The molecule has 0 radical (unpaired) electrons. The molecule has 0 heterocycles. The van der Waals surface area contributed by atoms with Gasteiger partial charge in [-0.3, -0.25) is 0 Å². The van der Waals surface area contributed by atoms with Crippen LogP contribution < -0.4 is 4.74 Å². The summed E-state index contributed by atoms with van der Waals surface area (Å²) in [6, 6.07) is 5.64. The molecule has 0 aliphatic heterocycles. The summed E-state index contributed by atoms with van der Waals surface area (Å²) in [7, 11) is 0. The Balaban J connectivity index is 2.40. The van der Waals surface area contributed by atoms with Crippen LogP contribution in [-0.2, 0) is 0 Å². The molecular formula is C26H23F21O. The van der Waals surface area contributed by atoms with E-state index in [-0.39, 0.29) is 0 Å². The molecule has 1 saturated carbocycles. The van der Waals surface area contributed by atoms with Crippen LogP contribution in [0.3, 0.4) is 0 Å². The van der Waals surface area contributed by atoms with E-state index in [1.165, 1.54) is 24.3 Å². The lowest BCUT2D eigenvalue weighted by molar-refractivity contribution is -0.475. The van der Waals surface area contributed by atoms with E-state index in [9.17, 15) is 92.2 Å². The monoisotopic (exact) mass is 750 g/mol. The Hall–Kier alpha value is -2.45. The molecule has 1 fully saturated rings. The first-order valence-corrected chi connectivity index (χ1v) is 13.5. The molecule has 2 rings (SSSR count). The minimum Gasteiger partial charge on any atom is -0.494 e. The zero-order valence-electron chi connectivity index (χ0n) is 23.8. The van der Waals surface area contributed by atoms with Crippen molar-refractivity contribution in [3.05, 3.63) is 29.8 Å². The first kappa shape index (κ1) is 41.7. The average Bonchev–Trinajstić information content (AvgIpc) is 2.96. The molecule has 1 aromatic carbocycles. The molecule has 1 aliphatic rings. The van der Waals surface area contributed by atoms with Crippen molar-refractivity contribution in [2.45, 2.75) is 111 Å². The van der Waals surface area contributed by atoms with E-state index in [4.69, 9.17) is 4.74 Å². The Morgan fingerprint density at radius 2 is 0.854 bits per heavy atom. The summed E-state index contributed by atoms with van der Waals surface area (Å²) in [6.45, 7) is 2.19. The van der Waals surface area contributed by atoms with Gasteiger partial charge >= 0.3 is 59.5 Å². The number of benzene rings is 1. The largest absolute Gasteiger partial charge is 0.494 e. The normalized spacial score (nSPS) is 20.2. The third kappa shape index (κ3) is 6.12. The quantitative estimate of drug-likeness (QED) is 0.136. The van der Waals surface area contributed by atoms with Crippen LogP contribution in [0, 0.1) is 5.92 Å². The zero-order valence-corrected chi connectivity index (χ0v) is 23.8. The fourth-order valence-corrected chi connectivity index (χ4v) is 4.79. The zero-order chi connectivity index (χ0) is 37.8. The summed E-state index contributed by atoms with van der Waals surface area (Å²) in [5, 5.41) is 0. The highest BCUT2D eigenvalue weighted by Crippen LogP contribution is 2.67. The van der Waals surface area contributed by atoms with Crippen LogP contribution in [0.2, 0.25) is 0 Å². The van der Waals surface area contributed by atoms with Crippen molar-refractivity contribution in [3.8, 4) is 5.75 Å². The van der Waals surface area contributed by atoms with Gasteiger partial charge in [0.25, 0.3) is 0 Å². The molecule has 0 amide bonds. The molecule has 0 aromatic heterocycles. The van der Waals surface area contributed by atoms with Crippen molar-refractivity contribution in [2.24, 2.45) is 5.92 Å². The Morgan fingerprint density at radius 3 is 1.21 bits per heavy atom. The molecule has 22 heteroatoms. The van der Waals surface area contributed by atoms with Crippen molar-refractivity contribution in [2.75, 3.05) is 6.61 Å². The Bertz CT molecular complexity index is 1230. The van der Waals surface area contributed by atoms with Gasteiger partial charge in [-0.2, -0.15) is 92.2 Å². The highest BCUT2D eigenvalue weighted by molar-refractivity contribution is 5.30. The number of hydrogen-bond donors (Lipinski definition) is 0. The fraction of sp³-hybridized carbons (Fsp3) is 0.769. The number of halogens is 21. The molecule has 48 heavy (non-hydrogen) atoms. The van der Waals surface area contributed by atoms with Gasteiger partial charge in [-0.1, -0.05) is 25.5 Å². The second-order valence-electron chi connectivity index (χ2n) is 11.0. The summed E-state index contributed by atoms with van der Waals surface area (Å²) in [4.78, 5) is 0. The number of unbranched alkanes of at least 4 members (excludes halogenated alkanes) is 1. The van der Waals surface area contributed by atoms with E-state index in [0.717, 1.165) is 6.42 Å². The number of alkyl halides is 21. The smallest absolute Gasteiger partial charge is 0.460 e. The van der Waals surface area contributed by atoms with Gasteiger partial charge in [0.15, 0.2) is 0 Å². The lowest BCUT2D eigenvalue weighted by Gasteiger charge is -2.46. The van der Waals surface area contributed by atoms with Gasteiger partial charge in [0.05, 0.1) is 6.61 Å². The molecule has 0 atom stereocenters. The topological polar surface area (TPSA) is 9.23 Å². The SMILES string of the molecule is CCCCOc1ccc([C@H]2CC[C@H](C(F)(F)C(F)(F)C(F)(F)C(F)(F)C(F)(F)C(F)(F)C(F)(F)C(F)(F)C(F)(F)C(F)(F)F)CC2)cc1. The van der Waals surface area contributed by atoms with Crippen LogP contribution in [0.15, 0.2) is 24.3 Å². The maximum Gasteiger partial charge on any atom is 0.460 e. The van der Waals surface area contributed by atoms with Crippen LogP contribution >= 0.6 is 0 Å². The highest BCUT2D eigenvalue weighted by atomic mass is 19.4. The third-order valence-electron chi connectivity index (χ3n) is 7.89. The molecule has 1 nitrogen and oxygen atoms in total. The highest BCUT2D eigenvalue weighted by Gasteiger charge is 2.98.